The van der Waals surface area contributed by atoms with E-state index in [2.05, 4.69) is 38.0 Å². The van der Waals surface area contributed by atoms with Gasteiger partial charge in [0.25, 0.3) is 0 Å². The second-order valence-electron chi connectivity index (χ2n) is 17.6. The van der Waals surface area contributed by atoms with Crippen LogP contribution >= 0.6 is 0 Å². The molecule has 0 aromatic carbocycles. The maximum absolute atomic E-state index is 12.8. The van der Waals surface area contributed by atoms with Crippen LogP contribution in [0.1, 0.15) is 110 Å². The number of rotatable bonds is 14. The van der Waals surface area contributed by atoms with E-state index in [1.165, 1.54) is 41.6 Å². The minimum absolute atomic E-state index is 0.0190. The molecule has 5 aliphatic rings. The smallest absolute Gasteiger partial charge is 0.248 e. The summed E-state index contributed by atoms with van der Waals surface area (Å²) in [6.07, 6.45) is 12.8. The summed E-state index contributed by atoms with van der Waals surface area (Å²) in [7, 11) is 0. The van der Waals surface area contributed by atoms with Gasteiger partial charge in [0.1, 0.15) is 12.3 Å². The van der Waals surface area contributed by atoms with Crippen molar-refractivity contribution in [2.45, 2.75) is 123 Å². The van der Waals surface area contributed by atoms with Gasteiger partial charge in [-0.25, -0.2) is 0 Å². The number of fused-ring (bicyclic) bond motifs is 5. The lowest BCUT2D eigenvalue weighted by Crippen LogP contribution is -2.58. The number of aryl methyl sites for hydroxylation is 1. The van der Waals surface area contributed by atoms with Crippen LogP contribution in [0.5, 0.6) is 0 Å². The van der Waals surface area contributed by atoms with E-state index in [1.807, 2.05) is 0 Å². The summed E-state index contributed by atoms with van der Waals surface area (Å²) in [4.78, 5) is 52.5. The molecular formula is C42H64N4O7. The Kier molecular flexibility index (Phi) is 12.4. The van der Waals surface area contributed by atoms with Crippen molar-refractivity contribution in [2.75, 3.05) is 37.6 Å². The van der Waals surface area contributed by atoms with Crippen molar-refractivity contribution in [3.63, 3.8) is 0 Å². The van der Waals surface area contributed by atoms with Crippen molar-refractivity contribution in [3.05, 3.63) is 30.5 Å². The first-order chi connectivity index (χ1) is 25.3. The van der Waals surface area contributed by atoms with Gasteiger partial charge in [0.2, 0.25) is 29.5 Å². The molecule has 0 spiro atoms. The van der Waals surface area contributed by atoms with Gasteiger partial charge >= 0.3 is 0 Å². The minimum atomic E-state index is -0.267. The van der Waals surface area contributed by atoms with E-state index in [4.69, 9.17) is 4.42 Å². The number of furan rings is 1. The summed E-state index contributed by atoms with van der Waals surface area (Å²) >= 11 is 0. The summed E-state index contributed by atoms with van der Waals surface area (Å²) in [5, 5.41) is 27.9. The SMILES string of the molecule is C=CC(=O)N1CCN(c2ccc(CCC(=O)NCCCCNC(=O)CC[C@@H](C)[C@H]3CC[C@H]4[C@@H]5[C@H](O)CC6C[C@H](O)CC[C@]6(C)[C@H]5CC[C@]34C)o2)C(=O)C1. The molecule has 0 bridgehead atoms. The fraction of sp³-hybridized carbons (Fsp3) is 0.762. The van der Waals surface area contributed by atoms with Crippen molar-refractivity contribution in [1.82, 2.24) is 15.5 Å². The number of nitrogens with zero attached hydrogens (tertiary/aromatic N) is 2. The quantitative estimate of drug-likeness (QED) is 0.155. The Balaban J connectivity index is 0.845. The third kappa shape index (κ3) is 8.41. The number of hydrogen-bond acceptors (Lipinski definition) is 7. The molecule has 1 aromatic rings. The average Bonchev–Trinajstić information content (AvgIpc) is 3.75. The molecule has 1 aliphatic heterocycles. The molecule has 53 heavy (non-hydrogen) atoms. The van der Waals surface area contributed by atoms with Crippen LogP contribution in [0.15, 0.2) is 29.2 Å². The summed E-state index contributed by atoms with van der Waals surface area (Å²) in [6, 6.07) is 3.50. The van der Waals surface area contributed by atoms with Crippen LogP contribution in [0.3, 0.4) is 0 Å². The van der Waals surface area contributed by atoms with Gasteiger partial charge in [0, 0.05) is 51.5 Å². The molecule has 4 saturated carbocycles. The van der Waals surface area contributed by atoms with Crippen LogP contribution < -0.4 is 15.5 Å². The fourth-order valence-corrected chi connectivity index (χ4v) is 11.7. The highest BCUT2D eigenvalue weighted by molar-refractivity contribution is 5.98. The minimum Gasteiger partial charge on any atom is -0.445 e. The number of carbonyl (C=O) groups is 4. The van der Waals surface area contributed by atoms with Gasteiger partial charge in [-0.3, -0.25) is 24.1 Å². The van der Waals surface area contributed by atoms with E-state index < -0.39 is 0 Å². The van der Waals surface area contributed by atoms with Crippen LogP contribution in [-0.2, 0) is 25.6 Å². The molecule has 294 valence electrons. The van der Waals surface area contributed by atoms with Crippen LogP contribution in [0.25, 0.3) is 0 Å². The molecule has 11 nitrogen and oxygen atoms in total. The lowest BCUT2D eigenvalue weighted by Gasteiger charge is -2.62. The van der Waals surface area contributed by atoms with Gasteiger partial charge in [-0.2, -0.15) is 0 Å². The third-order valence-corrected chi connectivity index (χ3v) is 14.7. The monoisotopic (exact) mass is 736 g/mol. The Morgan fingerprint density at radius 3 is 2.38 bits per heavy atom. The van der Waals surface area contributed by atoms with E-state index in [0.717, 1.165) is 44.9 Å². The van der Waals surface area contributed by atoms with Crippen LogP contribution in [-0.4, -0.2) is 83.7 Å². The third-order valence-electron chi connectivity index (χ3n) is 14.7. The normalized spacial score (nSPS) is 34.4. The van der Waals surface area contributed by atoms with Gasteiger partial charge in [-0.1, -0.05) is 27.4 Å². The van der Waals surface area contributed by atoms with Crippen molar-refractivity contribution in [2.24, 2.45) is 46.3 Å². The lowest BCUT2D eigenvalue weighted by molar-refractivity contribution is -0.174. The molecule has 1 saturated heterocycles. The fourth-order valence-electron chi connectivity index (χ4n) is 11.7. The molecule has 4 N–H and O–H groups in total. The zero-order valence-corrected chi connectivity index (χ0v) is 32.3. The summed E-state index contributed by atoms with van der Waals surface area (Å²) in [5.74, 6) is 3.50. The predicted molar refractivity (Wildman–Crippen MR) is 202 cm³/mol. The summed E-state index contributed by atoms with van der Waals surface area (Å²) in [5.41, 5.74) is 0.453. The van der Waals surface area contributed by atoms with Gasteiger partial charge in [0.05, 0.1) is 12.2 Å². The van der Waals surface area contributed by atoms with Crippen molar-refractivity contribution in [3.8, 4) is 0 Å². The first-order valence-electron chi connectivity index (χ1n) is 20.5. The topological polar surface area (TPSA) is 152 Å². The Morgan fingerprint density at radius 2 is 1.66 bits per heavy atom. The first-order valence-corrected chi connectivity index (χ1v) is 20.5. The highest BCUT2D eigenvalue weighted by Crippen LogP contribution is 2.68. The molecule has 5 fully saturated rings. The van der Waals surface area contributed by atoms with Gasteiger partial charge in [-0.05, 0) is 129 Å². The Labute approximate surface area is 315 Å². The van der Waals surface area contributed by atoms with Crippen molar-refractivity contribution >= 4 is 29.5 Å². The highest BCUT2D eigenvalue weighted by Gasteiger charge is 2.62. The number of carbonyl (C=O) groups excluding carboxylic acids is 4. The van der Waals surface area contributed by atoms with Crippen LogP contribution in [0.2, 0.25) is 0 Å². The first kappa shape index (κ1) is 39.5. The average molecular weight is 737 g/mol. The second kappa shape index (κ2) is 16.7. The van der Waals surface area contributed by atoms with E-state index in [9.17, 15) is 29.4 Å². The largest absolute Gasteiger partial charge is 0.445 e. The molecule has 10 atom stereocenters. The lowest BCUT2D eigenvalue weighted by atomic mass is 9.43. The number of hydrogen-bond donors (Lipinski definition) is 4. The number of aliphatic hydroxyl groups is 2. The molecule has 4 amide bonds. The molecule has 1 unspecified atom stereocenters. The molecule has 1 aromatic heterocycles. The number of anilines is 1. The van der Waals surface area contributed by atoms with E-state index in [-0.39, 0.29) is 59.6 Å². The van der Waals surface area contributed by atoms with Crippen molar-refractivity contribution in [1.29, 1.82) is 0 Å². The highest BCUT2D eigenvalue weighted by atomic mass is 16.4. The Morgan fingerprint density at radius 1 is 0.962 bits per heavy atom. The van der Waals surface area contributed by atoms with Crippen LogP contribution in [0.4, 0.5) is 5.88 Å². The van der Waals surface area contributed by atoms with Gasteiger partial charge in [-0.15, -0.1) is 0 Å². The van der Waals surface area contributed by atoms with Crippen LogP contribution in [0, 0.1) is 46.3 Å². The predicted octanol–water partition coefficient (Wildman–Crippen LogP) is 4.99. The number of piperazine rings is 1. The van der Waals surface area contributed by atoms with Gasteiger partial charge in [0.15, 0.2) is 0 Å². The molecule has 0 radical (unpaired) electrons. The molecule has 6 rings (SSSR count). The zero-order chi connectivity index (χ0) is 37.9. The maximum Gasteiger partial charge on any atom is 0.248 e. The number of aliphatic hydroxyl groups excluding tert-OH is 2. The Hall–Kier alpha value is -3.18. The van der Waals surface area contributed by atoms with E-state index in [1.54, 1.807) is 12.1 Å². The van der Waals surface area contributed by atoms with Gasteiger partial charge < -0.3 is 30.2 Å². The van der Waals surface area contributed by atoms with E-state index in [0.29, 0.717) is 86.2 Å². The molecular weight excluding hydrogens is 672 g/mol. The number of unbranched alkanes of at least 4 members (excludes halogenated alkanes) is 1. The zero-order valence-electron chi connectivity index (χ0n) is 32.3. The van der Waals surface area contributed by atoms with Crippen molar-refractivity contribution < 1.29 is 33.8 Å². The number of nitrogens with one attached hydrogen (secondary N) is 2. The number of amides is 4. The van der Waals surface area contributed by atoms with E-state index >= 15 is 0 Å². The standard InChI is InChI=1S/C42H64N4O7/c1-5-37(51)45-22-23-46(38(52)26-45)39-15-10-30(53-39)9-14-36(50)44-21-7-6-20-43-35(49)13-8-27(2)31-11-12-32-40-33(17-19-42(31,32)4)41(3)18-16-29(47)24-28(41)25-34(40)48/h5,10,15,27-29,31-34,40,47-48H,1,6-9,11-14,16-26H2,2-4H3,(H,43,49)(H,44,50)/t27-,28?,29-,31-,32+,33+,34-,40+,41+,42-/m1/s1. The summed E-state index contributed by atoms with van der Waals surface area (Å²) < 4.78 is 5.83. The molecule has 2 heterocycles. The second-order valence-corrected chi connectivity index (χ2v) is 17.6. The molecule has 11 heteroatoms. The maximum atomic E-state index is 12.8. The summed E-state index contributed by atoms with van der Waals surface area (Å²) in [6.45, 7) is 12.6. The Bertz CT molecular complexity index is 1490. The molecule has 4 aliphatic carbocycles.